The Morgan fingerprint density at radius 3 is 3.00 bits per heavy atom. The van der Waals surface area contributed by atoms with E-state index in [0.29, 0.717) is 22.0 Å². The van der Waals surface area contributed by atoms with Crippen molar-refractivity contribution in [3.63, 3.8) is 0 Å². The highest BCUT2D eigenvalue weighted by molar-refractivity contribution is 6.17. The second-order valence-electron chi connectivity index (χ2n) is 3.83. The normalized spacial score (nSPS) is 11.4. The summed E-state index contributed by atoms with van der Waals surface area (Å²) in [6.07, 6.45) is 1.60. The molecule has 0 unspecified atom stereocenters. The van der Waals surface area contributed by atoms with Gasteiger partial charge in [-0.15, -0.1) is 11.6 Å². The third kappa shape index (κ3) is 1.45. The smallest absolute Gasteiger partial charge is 0.306 e. The molecule has 3 aromatic rings. The summed E-state index contributed by atoms with van der Waals surface area (Å²) in [4.78, 5) is 14.4. The van der Waals surface area contributed by atoms with Crippen LogP contribution in [0.1, 0.15) is 5.56 Å². The number of benzene rings is 1. The van der Waals surface area contributed by atoms with Crippen LogP contribution in [0, 0.1) is 5.82 Å². The molecule has 0 aliphatic heterocycles. The number of aromatic amines is 1. The van der Waals surface area contributed by atoms with E-state index in [1.54, 1.807) is 24.4 Å². The van der Waals surface area contributed by atoms with Crippen LogP contribution in [-0.2, 0) is 5.88 Å². The van der Waals surface area contributed by atoms with Crippen LogP contribution in [-0.4, -0.2) is 9.38 Å². The van der Waals surface area contributed by atoms with E-state index in [4.69, 9.17) is 11.6 Å². The van der Waals surface area contributed by atoms with E-state index in [-0.39, 0.29) is 17.4 Å². The maximum atomic E-state index is 14.0. The summed E-state index contributed by atoms with van der Waals surface area (Å²) in [5.41, 5.74) is 1.38. The van der Waals surface area contributed by atoms with Crippen molar-refractivity contribution in [2.75, 3.05) is 0 Å². The summed E-state index contributed by atoms with van der Waals surface area (Å²) in [6.45, 7) is 0. The molecule has 2 aromatic heterocycles. The van der Waals surface area contributed by atoms with Crippen molar-refractivity contribution in [3.8, 4) is 0 Å². The molecule has 3 rings (SSSR count). The van der Waals surface area contributed by atoms with Gasteiger partial charge in [-0.1, -0.05) is 0 Å². The first-order valence-corrected chi connectivity index (χ1v) is 5.61. The van der Waals surface area contributed by atoms with E-state index < -0.39 is 0 Å². The van der Waals surface area contributed by atoms with Crippen molar-refractivity contribution in [2.45, 2.75) is 5.88 Å². The number of H-pyrrole nitrogens is 1. The average Bonchev–Trinajstić information content (AvgIpc) is 2.77. The molecule has 2 heterocycles. The van der Waals surface area contributed by atoms with Crippen molar-refractivity contribution < 1.29 is 4.39 Å². The van der Waals surface area contributed by atoms with E-state index in [0.717, 1.165) is 0 Å². The third-order valence-corrected chi connectivity index (χ3v) is 3.08. The van der Waals surface area contributed by atoms with Crippen LogP contribution in [0.3, 0.4) is 0 Å². The lowest BCUT2D eigenvalue weighted by molar-refractivity contribution is 0.638. The molecule has 5 heteroatoms. The molecule has 0 aliphatic carbocycles. The van der Waals surface area contributed by atoms with Gasteiger partial charge in [0.2, 0.25) is 0 Å². The van der Waals surface area contributed by atoms with Crippen molar-refractivity contribution in [1.82, 2.24) is 9.38 Å². The molecule has 0 radical (unpaired) electrons. The van der Waals surface area contributed by atoms with Gasteiger partial charge in [0, 0.05) is 12.1 Å². The van der Waals surface area contributed by atoms with Crippen molar-refractivity contribution in [2.24, 2.45) is 0 Å². The summed E-state index contributed by atoms with van der Waals surface area (Å²) in [7, 11) is 0. The van der Waals surface area contributed by atoms with E-state index >= 15 is 0 Å². The Morgan fingerprint density at radius 2 is 2.24 bits per heavy atom. The van der Waals surface area contributed by atoms with Crippen molar-refractivity contribution in [1.29, 1.82) is 0 Å². The molecule has 0 bridgehead atoms. The van der Waals surface area contributed by atoms with Crippen LogP contribution < -0.4 is 5.69 Å². The standard InChI is InChI=1S/C12H8ClFN2O/c13-6-7-4-8(14)11-9(5-7)15-12(17)16-3-1-2-10(11)16/h1-5H,6H2,(H,15,17). The largest absolute Gasteiger partial charge is 0.330 e. The fraction of sp³-hybridized carbons (Fsp3) is 0.0833. The van der Waals surface area contributed by atoms with Gasteiger partial charge in [0.25, 0.3) is 0 Å². The molecule has 0 aliphatic rings. The van der Waals surface area contributed by atoms with Crippen LogP contribution in [0.15, 0.2) is 35.3 Å². The predicted molar refractivity (Wildman–Crippen MR) is 65.0 cm³/mol. The van der Waals surface area contributed by atoms with Gasteiger partial charge in [0.1, 0.15) is 5.82 Å². The number of nitrogens with one attached hydrogen (secondary N) is 1. The highest BCUT2D eigenvalue weighted by Gasteiger charge is 2.10. The molecule has 0 saturated carbocycles. The van der Waals surface area contributed by atoms with Gasteiger partial charge in [0.15, 0.2) is 0 Å². The Morgan fingerprint density at radius 1 is 1.41 bits per heavy atom. The third-order valence-electron chi connectivity index (χ3n) is 2.77. The lowest BCUT2D eigenvalue weighted by atomic mass is 10.1. The second-order valence-corrected chi connectivity index (χ2v) is 4.09. The average molecular weight is 251 g/mol. The van der Waals surface area contributed by atoms with E-state index in [1.165, 1.54) is 10.5 Å². The molecular weight excluding hydrogens is 243 g/mol. The minimum Gasteiger partial charge on any atom is -0.306 e. The minimum absolute atomic E-state index is 0.209. The molecular formula is C12H8ClFN2O. The highest BCUT2D eigenvalue weighted by atomic mass is 35.5. The molecule has 0 atom stereocenters. The second kappa shape index (κ2) is 3.60. The molecule has 86 valence electrons. The van der Waals surface area contributed by atoms with Gasteiger partial charge in [-0.05, 0) is 29.8 Å². The number of rotatable bonds is 1. The van der Waals surface area contributed by atoms with Crippen molar-refractivity contribution in [3.05, 3.63) is 52.3 Å². The van der Waals surface area contributed by atoms with Gasteiger partial charge >= 0.3 is 5.69 Å². The molecule has 3 nitrogen and oxygen atoms in total. The zero-order chi connectivity index (χ0) is 12.0. The van der Waals surface area contributed by atoms with Gasteiger partial charge in [-0.25, -0.2) is 9.18 Å². The Labute approximate surface area is 100 Å². The molecule has 1 N–H and O–H groups in total. The summed E-state index contributed by atoms with van der Waals surface area (Å²) < 4.78 is 15.4. The summed E-state index contributed by atoms with van der Waals surface area (Å²) in [5, 5.41) is 0.406. The number of aromatic nitrogens is 2. The summed E-state index contributed by atoms with van der Waals surface area (Å²) in [6, 6.07) is 6.50. The quantitative estimate of drug-likeness (QED) is 0.663. The van der Waals surface area contributed by atoms with Gasteiger partial charge in [-0.3, -0.25) is 4.40 Å². The van der Waals surface area contributed by atoms with Crippen LogP contribution in [0.5, 0.6) is 0 Å². The summed E-state index contributed by atoms with van der Waals surface area (Å²) >= 11 is 5.67. The van der Waals surface area contributed by atoms with Crippen LogP contribution >= 0.6 is 11.6 Å². The molecule has 0 amide bonds. The fourth-order valence-corrected chi connectivity index (χ4v) is 2.19. The number of alkyl halides is 1. The van der Waals surface area contributed by atoms with Gasteiger partial charge < -0.3 is 4.98 Å². The Bertz CT molecular complexity index is 775. The van der Waals surface area contributed by atoms with Crippen LogP contribution in [0.2, 0.25) is 0 Å². The number of fused-ring (bicyclic) bond motifs is 3. The van der Waals surface area contributed by atoms with Gasteiger partial charge in [0.05, 0.1) is 16.4 Å². The van der Waals surface area contributed by atoms with E-state index in [9.17, 15) is 9.18 Å². The Kier molecular flexibility index (Phi) is 2.19. The molecule has 1 aromatic carbocycles. The first kappa shape index (κ1) is 10.4. The maximum absolute atomic E-state index is 14.0. The number of halogens is 2. The molecule has 17 heavy (non-hydrogen) atoms. The highest BCUT2D eigenvalue weighted by Crippen LogP contribution is 2.22. The number of hydrogen-bond acceptors (Lipinski definition) is 1. The SMILES string of the molecule is O=c1[nH]c2cc(CCl)cc(F)c2c2cccn12. The first-order chi connectivity index (χ1) is 8.20. The first-order valence-electron chi connectivity index (χ1n) is 5.08. The molecule has 0 saturated heterocycles. The number of hydrogen-bond donors (Lipinski definition) is 1. The predicted octanol–water partition coefficient (Wildman–Crippen LogP) is 2.66. The lowest BCUT2D eigenvalue weighted by Crippen LogP contribution is -2.15. The van der Waals surface area contributed by atoms with Crippen LogP contribution in [0.4, 0.5) is 4.39 Å². The molecule has 0 fully saturated rings. The summed E-state index contributed by atoms with van der Waals surface area (Å²) in [5.74, 6) is -0.167. The lowest BCUT2D eigenvalue weighted by Gasteiger charge is -2.05. The zero-order valence-electron chi connectivity index (χ0n) is 8.71. The van der Waals surface area contributed by atoms with Crippen molar-refractivity contribution >= 4 is 28.0 Å². The molecule has 0 spiro atoms. The maximum Gasteiger partial charge on any atom is 0.330 e. The van der Waals surface area contributed by atoms with Gasteiger partial charge in [-0.2, -0.15) is 0 Å². The number of nitrogens with zero attached hydrogens (tertiary/aromatic N) is 1. The minimum atomic E-state index is -0.377. The zero-order valence-corrected chi connectivity index (χ0v) is 9.46. The van der Waals surface area contributed by atoms with E-state index in [2.05, 4.69) is 4.98 Å². The van der Waals surface area contributed by atoms with E-state index in [1.807, 2.05) is 0 Å². The fourth-order valence-electron chi connectivity index (χ4n) is 2.04. The van der Waals surface area contributed by atoms with Crippen LogP contribution in [0.25, 0.3) is 16.4 Å². The Hall–Kier alpha value is -1.81. The Balaban J connectivity index is 2.59. The monoisotopic (exact) mass is 250 g/mol. The topological polar surface area (TPSA) is 37.3 Å².